The maximum atomic E-state index is 9.70. The number of phenolic OH excluding ortho intramolecular Hbond substituents is 1. The van der Waals surface area contributed by atoms with Crippen LogP contribution < -0.4 is 21.0 Å². The molecule has 3 aliphatic rings. The SMILES string of the molecule is CC1=NN(c2ccc3c(c2)Nc2ccccc2S3)C2NC(=S)NC(c3ccc(O)cc3)C12. The van der Waals surface area contributed by atoms with E-state index in [0.717, 1.165) is 28.3 Å². The lowest BCUT2D eigenvalue weighted by Gasteiger charge is -2.40. The standard InChI is InChI=1S/C24H21N5OS2/c1-13-21-22(14-6-9-16(30)10-7-14)26-24(31)27-23(21)29(28-13)15-8-11-20-18(12-15)25-17-4-2-3-5-19(17)32-20/h2-12,21-23,25,30H,1H3,(H2,26,27,31). The number of benzene rings is 3. The van der Waals surface area contributed by atoms with E-state index < -0.39 is 0 Å². The van der Waals surface area contributed by atoms with Crippen LogP contribution in [0.25, 0.3) is 0 Å². The molecule has 160 valence electrons. The molecule has 0 radical (unpaired) electrons. The molecular weight excluding hydrogens is 438 g/mol. The molecule has 6 nitrogen and oxygen atoms in total. The number of hydrogen-bond donors (Lipinski definition) is 4. The Labute approximate surface area is 195 Å². The van der Waals surface area contributed by atoms with Gasteiger partial charge in [0.1, 0.15) is 11.9 Å². The molecule has 3 aromatic carbocycles. The maximum Gasteiger partial charge on any atom is 0.168 e. The Morgan fingerprint density at radius 2 is 1.75 bits per heavy atom. The second-order valence-electron chi connectivity index (χ2n) is 8.15. The van der Waals surface area contributed by atoms with Crippen LogP contribution >= 0.6 is 24.0 Å². The number of para-hydroxylation sites is 1. The fourth-order valence-electron chi connectivity index (χ4n) is 4.62. The summed E-state index contributed by atoms with van der Waals surface area (Å²) in [7, 11) is 0. The summed E-state index contributed by atoms with van der Waals surface area (Å²) in [5, 5.41) is 27.6. The van der Waals surface area contributed by atoms with E-state index in [1.54, 1.807) is 23.9 Å². The monoisotopic (exact) mass is 459 g/mol. The smallest absolute Gasteiger partial charge is 0.168 e. The number of thiocarbonyl (C=S) groups is 1. The quantitative estimate of drug-likeness (QED) is 0.316. The summed E-state index contributed by atoms with van der Waals surface area (Å²) in [6.07, 6.45) is -0.0934. The predicted molar refractivity (Wildman–Crippen MR) is 133 cm³/mol. The number of nitrogens with zero attached hydrogens (tertiary/aromatic N) is 2. The minimum atomic E-state index is -0.0934. The van der Waals surface area contributed by atoms with Crippen molar-refractivity contribution in [2.45, 2.75) is 28.9 Å². The lowest BCUT2D eigenvalue weighted by molar-refractivity contribution is 0.374. The van der Waals surface area contributed by atoms with Gasteiger partial charge in [0.2, 0.25) is 0 Å². The van der Waals surface area contributed by atoms with Crippen LogP contribution in [-0.4, -0.2) is 22.1 Å². The highest BCUT2D eigenvalue weighted by Gasteiger charge is 2.45. The Morgan fingerprint density at radius 1 is 0.969 bits per heavy atom. The fraction of sp³-hybridized carbons (Fsp3) is 0.167. The molecule has 8 heteroatoms. The van der Waals surface area contributed by atoms with Crippen LogP contribution in [0.1, 0.15) is 18.5 Å². The highest BCUT2D eigenvalue weighted by Crippen LogP contribution is 2.46. The third-order valence-electron chi connectivity index (χ3n) is 6.13. The van der Waals surface area contributed by atoms with E-state index in [-0.39, 0.29) is 23.9 Å². The summed E-state index contributed by atoms with van der Waals surface area (Å²) >= 11 is 7.32. The zero-order valence-corrected chi connectivity index (χ0v) is 18.9. The highest BCUT2D eigenvalue weighted by molar-refractivity contribution is 7.99. The molecule has 0 aromatic heterocycles. The number of hydrazone groups is 1. The Balaban J connectivity index is 1.34. The first-order valence-corrected chi connectivity index (χ1v) is 11.7. The minimum Gasteiger partial charge on any atom is -0.508 e. The lowest BCUT2D eigenvalue weighted by Crippen LogP contribution is -2.60. The van der Waals surface area contributed by atoms with E-state index in [2.05, 4.69) is 59.3 Å². The van der Waals surface area contributed by atoms with Gasteiger partial charge in [-0.25, -0.2) is 5.01 Å². The second kappa shape index (κ2) is 7.43. The van der Waals surface area contributed by atoms with Crippen LogP contribution in [0.2, 0.25) is 0 Å². The molecule has 4 N–H and O–H groups in total. The van der Waals surface area contributed by atoms with E-state index >= 15 is 0 Å². The fourth-order valence-corrected chi connectivity index (χ4v) is 5.84. The Kier molecular flexibility index (Phi) is 4.51. The molecular formula is C24H21N5OS2. The van der Waals surface area contributed by atoms with Crippen molar-refractivity contribution in [1.29, 1.82) is 0 Å². The van der Waals surface area contributed by atoms with Gasteiger partial charge in [-0.3, -0.25) is 0 Å². The maximum absolute atomic E-state index is 9.70. The van der Waals surface area contributed by atoms with Crippen molar-refractivity contribution >= 4 is 51.9 Å². The third kappa shape index (κ3) is 3.18. The molecule has 6 rings (SSSR count). The lowest BCUT2D eigenvalue weighted by atomic mass is 9.86. The number of phenols is 1. The first-order valence-electron chi connectivity index (χ1n) is 10.4. The van der Waals surface area contributed by atoms with Crippen LogP contribution in [0.15, 0.2) is 81.6 Å². The summed E-state index contributed by atoms with van der Waals surface area (Å²) in [4.78, 5) is 2.42. The van der Waals surface area contributed by atoms with Gasteiger partial charge in [0.25, 0.3) is 0 Å². The van der Waals surface area contributed by atoms with Gasteiger partial charge in [-0.15, -0.1) is 0 Å². The van der Waals surface area contributed by atoms with E-state index in [1.807, 2.05) is 23.2 Å². The molecule has 3 unspecified atom stereocenters. The van der Waals surface area contributed by atoms with Gasteiger partial charge in [-0.05, 0) is 67.2 Å². The topological polar surface area (TPSA) is 71.9 Å². The van der Waals surface area contributed by atoms with Gasteiger partial charge < -0.3 is 21.1 Å². The van der Waals surface area contributed by atoms with Crippen LogP contribution in [0, 0.1) is 5.92 Å². The third-order valence-corrected chi connectivity index (χ3v) is 7.52. The molecule has 3 aliphatic heterocycles. The van der Waals surface area contributed by atoms with Crippen molar-refractivity contribution in [1.82, 2.24) is 10.6 Å². The molecule has 3 heterocycles. The molecule has 3 atom stereocenters. The molecule has 0 aliphatic carbocycles. The van der Waals surface area contributed by atoms with Crippen molar-refractivity contribution in [2.24, 2.45) is 11.0 Å². The molecule has 0 bridgehead atoms. The van der Waals surface area contributed by atoms with Crippen molar-refractivity contribution in [3.05, 3.63) is 72.3 Å². The van der Waals surface area contributed by atoms with Gasteiger partial charge in [0.05, 0.1) is 29.0 Å². The van der Waals surface area contributed by atoms with Crippen LogP contribution in [0.5, 0.6) is 5.75 Å². The summed E-state index contributed by atoms with van der Waals surface area (Å²) in [5.74, 6) is 0.339. The van der Waals surface area contributed by atoms with E-state index in [9.17, 15) is 5.11 Å². The van der Waals surface area contributed by atoms with Crippen molar-refractivity contribution < 1.29 is 5.11 Å². The van der Waals surface area contributed by atoms with Crippen molar-refractivity contribution in [3.8, 4) is 5.75 Å². The first-order chi connectivity index (χ1) is 15.6. The van der Waals surface area contributed by atoms with E-state index in [1.165, 1.54) is 9.79 Å². The molecule has 1 fully saturated rings. The summed E-state index contributed by atoms with van der Waals surface area (Å²) < 4.78 is 0. The molecule has 0 spiro atoms. The van der Waals surface area contributed by atoms with Gasteiger partial charge in [-0.2, -0.15) is 5.10 Å². The first kappa shape index (κ1) is 19.5. The average Bonchev–Trinajstić information content (AvgIpc) is 3.13. The number of hydrogen-bond acceptors (Lipinski definition) is 6. The number of anilines is 3. The molecule has 0 saturated carbocycles. The normalized spacial score (nSPS) is 23.2. The van der Waals surface area contributed by atoms with E-state index in [0.29, 0.717) is 5.11 Å². The van der Waals surface area contributed by atoms with Gasteiger partial charge in [0.15, 0.2) is 5.11 Å². The van der Waals surface area contributed by atoms with Crippen molar-refractivity contribution in [2.75, 3.05) is 10.3 Å². The zero-order valence-electron chi connectivity index (χ0n) is 17.2. The zero-order chi connectivity index (χ0) is 21.8. The molecule has 3 aromatic rings. The Hall–Kier alpha value is -3.23. The van der Waals surface area contributed by atoms with Crippen LogP contribution in [0.4, 0.5) is 17.1 Å². The Bertz CT molecular complexity index is 1260. The van der Waals surface area contributed by atoms with Gasteiger partial charge in [-0.1, -0.05) is 36.0 Å². The largest absolute Gasteiger partial charge is 0.508 e. The Morgan fingerprint density at radius 3 is 2.59 bits per heavy atom. The number of fused-ring (bicyclic) bond motifs is 3. The van der Waals surface area contributed by atoms with Gasteiger partial charge >= 0.3 is 0 Å². The second-order valence-corrected chi connectivity index (χ2v) is 9.64. The highest BCUT2D eigenvalue weighted by atomic mass is 32.2. The molecule has 0 amide bonds. The van der Waals surface area contributed by atoms with Gasteiger partial charge in [0, 0.05) is 15.5 Å². The number of rotatable bonds is 2. The molecule has 1 saturated heterocycles. The average molecular weight is 460 g/mol. The summed E-state index contributed by atoms with van der Waals surface area (Å²) in [6, 6.07) is 22.0. The summed E-state index contributed by atoms with van der Waals surface area (Å²) in [5.41, 5.74) is 5.30. The number of nitrogens with one attached hydrogen (secondary N) is 3. The van der Waals surface area contributed by atoms with E-state index in [4.69, 9.17) is 17.3 Å². The van der Waals surface area contributed by atoms with Crippen molar-refractivity contribution in [3.63, 3.8) is 0 Å². The van der Waals surface area contributed by atoms with Crippen LogP contribution in [0.3, 0.4) is 0 Å². The number of aromatic hydroxyl groups is 1. The molecule has 32 heavy (non-hydrogen) atoms. The predicted octanol–water partition coefficient (Wildman–Crippen LogP) is 4.96. The minimum absolute atomic E-state index is 0.0266. The summed E-state index contributed by atoms with van der Waals surface area (Å²) in [6.45, 7) is 2.06. The van der Waals surface area contributed by atoms with Crippen LogP contribution in [-0.2, 0) is 0 Å².